The van der Waals surface area contributed by atoms with Gasteiger partial charge in [-0.2, -0.15) is 4.31 Å². The number of alkyl halides is 3. The summed E-state index contributed by atoms with van der Waals surface area (Å²) in [6.07, 6.45) is -1.20. The Balaban J connectivity index is 1.71. The van der Waals surface area contributed by atoms with Crippen LogP contribution >= 0.6 is 0 Å². The Labute approximate surface area is 176 Å². The van der Waals surface area contributed by atoms with Crippen molar-refractivity contribution in [2.45, 2.75) is 42.7 Å². The highest BCUT2D eigenvalue weighted by molar-refractivity contribution is 7.89. The van der Waals surface area contributed by atoms with Crippen LogP contribution in [0.25, 0.3) is 0 Å². The summed E-state index contributed by atoms with van der Waals surface area (Å²) < 4.78 is 67.4. The Morgan fingerprint density at radius 1 is 1.19 bits per heavy atom. The van der Waals surface area contributed by atoms with Crippen molar-refractivity contribution in [1.82, 2.24) is 14.6 Å². The SMILES string of the molecule is O=C(O)[C@H]1C[C@H](NCc2ccncc2)CCN1S(=O)(=O)c1ccc(OC(F)(F)F)cc1. The van der Waals surface area contributed by atoms with E-state index in [1.54, 1.807) is 12.4 Å². The Kier molecular flexibility index (Phi) is 6.82. The first-order valence-corrected chi connectivity index (χ1v) is 10.7. The molecule has 31 heavy (non-hydrogen) atoms. The third-order valence-corrected chi connectivity index (χ3v) is 6.77. The molecule has 1 aliphatic heterocycles. The number of hydrogen-bond donors (Lipinski definition) is 2. The third-order valence-electron chi connectivity index (χ3n) is 4.85. The van der Waals surface area contributed by atoms with Crippen molar-refractivity contribution in [3.8, 4) is 5.75 Å². The Hall–Kier alpha value is -2.70. The summed E-state index contributed by atoms with van der Waals surface area (Å²) in [7, 11) is -4.23. The number of nitrogens with zero attached hydrogens (tertiary/aromatic N) is 2. The number of aliphatic carboxylic acids is 1. The van der Waals surface area contributed by atoms with Crippen LogP contribution in [0.3, 0.4) is 0 Å². The molecule has 1 saturated heterocycles. The Bertz CT molecular complexity index is 1000. The fourth-order valence-corrected chi connectivity index (χ4v) is 4.96. The summed E-state index contributed by atoms with van der Waals surface area (Å²) in [5, 5.41) is 12.8. The van der Waals surface area contributed by atoms with Crippen LogP contribution in [0.4, 0.5) is 13.2 Å². The van der Waals surface area contributed by atoms with Gasteiger partial charge in [-0.1, -0.05) is 0 Å². The summed E-state index contributed by atoms with van der Waals surface area (Å²) >= 11 is 0. The molecule has 0 unspecified atom stereocenters. The first-order valence-electron chi connectivity index (χ1n) is 9.29. The second kappa shape index (κ2) is 9.20. The lowest BCUT2D eigenvalue weighted by molar-refractivity contribution is -0.274. The fraction of sp³-hybridized carbons (Fsp3) is 0.368. The topological polar surface area (TPSA) is 109 Å². The van der Waals surface area contributed by atoms with Crippen LogP contribution in [0.5, 0.6) is 5.75 Å². The number of benzene rings is 1. The first kappa shape index (κ1) is 23.0. The van der Waals surface area contributed by atoms with E-state index in [1.165, 1.54) is 0 Å². The van der Waals surface area contributed by atoms with E-state index in [1.807, 2.05) is 12.1 Å². The lowest BCUT2D eigenvalue weighted by Crippen LogP contribution is -2.53. The second-order valence-electron chi connectivity index (χ2n) is 6.95. The highest BCUT2D eigenvalue weighted by atomic mass is 32.2. The number of carboxylic acids is 1. The van der Waals surface area contributed by atoms with Crippen molar-refractivity contribution >= 4 is 16.0 Å². The summed E-state index contributed by atoms with van der Waals surface area (Å²) in [5.41, 5.74) is 0.957. The van der Waals surface area contributed by atoms with Crippen LogP contribution in [0.15, 0.2) is 53.7 Å². The number of nitrogens with one attached hydrogen (secondary N) is 1. The summed E-state index contributed by atoms with van der Waals surface area (Å²) in [5.74, 6) is -1.86. The zero-order chi connectivity index (χ0) is 22.6. The van der Waals surface area contributed by atoms with Crippen LogP contribution in [0, 0.1) is 0 Å². The normalized spacial score (nSPS) is 20.4. The molecule has 0 radical (unpaired) electrons. The van der Waals surface area contributed by atoms with Crippen LogP contribution in [0.1, 0.15) is 18.4 Å². The third kappa shape index (κ3) is 5.93. The first-order chi connectivity index (χ1) is 14.6. The van der Waals surface area contributed by atoms with Gasteiger partial charge in [-0.15, -0.1) is 13.2 Å². The van der Waals surface area contributed by atoms with E-state index in [0.29, 0.717) is 13.0 Å². The molecule has 1 fully saturated rings. The minimum atomic E-state index is -4.90. The summed E-state index contributed by atoms with van der Waals surface area (Å²) in [4.78, 5) is 15.4. The lowest BCUT2D eigenvalue weighted by Gasteiger charge is -2.36. The standard InChI is InChI=1S/C19H20F3N3O5S/c20-19(21,22)30-15-1-3-16(4-2-15)31(28,29)25-10-7-14(11-17(25)18(26)27)24-12-13-5-8-23-9-6-13/h1-6,8-9,14,17,24H,7,10-12H2,(H,26,27)/t14-,17-/m1/s1. The molecule has 2 aromatic rings. The molecule has 0 bridgehead atoms. The Morgan fingerprint density at radius 2 is 1.84 bits per heavy atom. The van der Waals surface area contributed by atoms with Gasteiger partial charge >= 0.3 is 12.3 Å². The van der Waals surface area contributed by atoms with Gasteiger partial charge in [0.2, 0.25) is 10.0 Å². The minimum absolute atomic E-state index is 0.0475. The molecule has 1 aromatic heterocycles. The van der Waals surface area contributed by atoms with E-state index >= 15 is 0 Å². The van der Waals surface area contributed by atoms with Gasteiger partial charge in [0.25, 0.3) is 0 Å². The van der Waals surface area contributed by atoms with Crippen molar-refractivity contribution in [3.63, 3.8) is 0 Å². The maximum atomic E-state index is 13.0. The number of aromatic nitrogens is 1. The second-order valence-corrected chi connectivity index (χ2v) is 8.84. The number of piperidine rings is 1. The molecule has 0 saturated carbocycles. The van der Waals surface area contributed by atoms with E-state index in [4.69, 9.17) is 0 Å². The molecule has 3 rings (SSSR count). The van der Waals surface area contributed by atoms with Crippen molar-refractivity contribution in [2.24, 2.45) is 0 Å². The predicted octanol–water partition coefficient (Wildman–Crippen LogP) is 2.38. The number of sulfonamides is 1. The number of hydrogen-bond acceptors (Lipinski definition) is 6. The molecular formula is C19H20F3N3O5S. The average Bonchev–Trinajstić information content (AvgIpc) is 2.72. The number of rotatable bonds is 7. The zero-order valence-corrected chi connectivity index (χ0v) is 16.9. The number of halogens is 3. The van der Waals surface area contributed by atoms with Crippen molar-refractivity contribution < 1.29 is 36.2 Å². The van der Waals surface area contributed by atoms with E-state index in [-0.39, 0.29) is 23.9 Å². The number of ether oxygens (including phenoxy) is 1. The number of carbonyl (C=O) groups is 1. The van der Waals surface area contributed by atoms with Crippen LogP contribution in [0.2, 0.25) is 0 Å². The summed E-state index contributed by atoms with van der Waals surface area (Å²) in [6, 6.07) is 5.77. The van der Waals surface area contributed by atoms with E-state index < -0.39 is 34.1 Å². The van der Waals surface area contributed by atoms with E-state index in [0.717, 1.165) is 34.1 Å². The molecule has 0 amide bonds. The molecule has 0 spiro atoms. The van der Waals surface area contributed by atoms with Gasteiger partial charge in [0.05, 0.1) is 4.90 Å². The zero-order valence-electron chi connectivity index (χ0n) is 16.1. The molecule has 8 nitrogen and oxygen atoms in total. The van der Waals surface area contributed by atoms with Gasteiger partial charge in [-0.3, -0.25) is 9.78 Å². The molecule has 0 aliphatic carbocycles. The van der Waals surface area contributed by atoms with Gasteiger partial charge in [-0.05, 0) is 54.8 Å². The molecule has 1 aliphatic rings. The molecule has 2 atom stereocenters. The smallest absolute Gasteiger partial charge is 0.480 e. The molecular weight excluding hydrogens is 439 g/mol. The van der Waals surface area contributed by atoms with Gasteiger partial charge in [-0.25, -0.2) is 8.42 Å². The van der Waals surface area contributed by atoms with Gasteiger partial charge in [0.15, 0.2) is 0 Å². The van der Waals surface area contributed by atoms with E-state index in [2.05, 4.69) is 15.0 Å². The highest BCUT2D eigenvalue weighted by Gasteiger charge is 2.41. The van der Waals surface area contributed by atoms with Crippen LogP contribution in [-0.4, -0.2) is 53.8 Å². The fourth-order valence-electron chi connectivity index (χ4n) is 3.35. The van der Waals surface area contributed by atoms with Crippen molar-refractivity contribution in [2.75, 3.05) is 6.54 Å². The number of carboxylic acid groups (broad SMARTS) is 1. The van der Waals surface area contributed by atoms with Gasteiger partial charge in [0, 0.05) is 31.5 Å². The van der Waals surface area contributed by atoms with Crippen molar-refractivity contribution in [3.05, 3.63) is 54.4 Å². The van der Waals surface area contributed by atoms with Crippen molar-refractivity contribution in [1.29, 1.82) is 0 Å². The molecule has 12 heteroatoms. The predicted molar refractivity (Wildman–Crippen MR) is 103 cm³/mol. The van der Waals surface area contributed by atoms with Gasteiger partial charge in [0.1, 0.15) is 11.8 Å². The minimum Gasteiger partial charge on any atom is -0.480 e. The maximum Gasteiger partial charge on any atom is 0.573 e. The van der Waals surface area contributed by atoms with Crippen LogP contribution < -0.4 is 10.1 Å². The highest BCUT2D eigenvalue weighted by Crippen LogP contribution is 2.29. The van der Waals surface area contributed by atoms with Gasteiger partial charge < -0.3 is 15.2 Å². The largest absolute Gasteiger partial charge is 0.573 e. The van der Waals surface area contributed by atoms with Crippen LogP contribution in [-0.2, 0) is 21.4 Å². The average molecular weight is 459 g/mol. The Morgan fingerprint density at radius 3 is 2.42 bits per heavy atom. The quantitative estimate of drug-likeness (QED) is 0.654. The molecule has 168 valence electrons. The summed E-state index contributed by atoms with van der Waals surface area (Å²) in [6.45, 7) is 0.432. The lowest BCUT2D eigenvalue weighted by atomic mass is 9.99. The molecule has 2 heterocycles. The van der Waals surface area contributed by atoms with E-state index in [9.17, 15) is 31.5 Å². The number of pyridine rings is 1. The molecule has 2 N–H and O–H groups in total. The molecule has 1 aromatic carbocycles. The monoisotopic (exact) mass is 459 g/mol. The maximum absolute atomic E-state index is 13.0.